The van der Waals surface area contributed by atoms with E-state index in [1.54, 1.807) is 7.11 Å². The van der Waals surface area contributed by atoms with E-state index in [2.05, 4.69) is 11.0 Å². The summed E-state index contributed by atoms with van der Waals surface area (Å²) < 4.78 is 10.7. The maximum absolute atomic E-state index is 9.71. The zero-order valence-corrected chi connectivity index (χ0v) is 11.5. The van der Waals surface area contributed by atoms with Crippen LogP contribution in [0.2, 0.25) is 0 Å². The first kappa shape index (κ1) is 14.3. The van der Waals surface area contributed by atoms with Gasteiger partial charge in [-0.15, -0.1) is 0 Å². The summed E-state index contributed by atoms with van der Waals surface area (Å²) in [5.74, 6) is 0.916. The zero-order chi connectivity index (χ0) is 13.5. The second-order valence-electron chi connectivity index (χ2n) is 4.98. The number of methoxy groups -OCH3 is 1. The van der Waals surface area contributed by atoms with Crippen LogP contribution in [0.15, 0.2) is 24.3 Å². The molecule has 2 rings (SSSR count). The Labute approximate surface area is 114 Å². The highest BCUT2D eigenvalue weighted by molar-refractivity contribution is 5.33. The van der Waals surface area contributed by atoms with Crippen LogP contribution in [0.3, 0.4) is 0 Å². The first-order valence-corrected chi connectivity index (χ1v) is 6.89. The Balaban J connectivity index is 1.94. The van der Waals surface area contributed by atoms with Gasteiger partial charge in [0.1, 0.15) is 12.4 Å². The van der Waals surface area contributed by atoms with Gasteiger partial charge in [-0.05, 0) is 25.5 Å². The maximum atomic E-state index is 9.71. The minimum atomic E-state index is -0.185. The van der Waals surface area contributed by atoms with E-state index in [1.807, 2.05) is 18.2 Å². The molecule has 1 aromatic carbocycles. The van der Waals surface area contributed by atoms with Gasteiger partial charge < -0.3 is 14.6 Å². The minimum absolute atomic E-state index is 0.185. The van der Waals surface area contributed by atoms with Gasteiger partial charge in [0.2, 0.25) is 0 Å². The maximum Gasteiger partial charge on any atom is 0.123 e. The number of piperidine rings is 1. The molecule has 1 aliphatic rings. The molecular formula is C15H23NO3. The van der Waals surface area contributed by atoms with Gasteiger partial charge in [0.05, 0.1) is 12.7 Å². The molecule has 0 saturated carbocycles. The summed E-state index contributed by atoms with van der Waals surface area (Å²) in [4.78, 5) is 2.28. The number of aliphatic hydroxyl groups is 1. The standard InChI is InChI=1S/C15H23NO3/c1-18-9-10-19-15-7-3-2-5-13(15)11-16-8-4-6-14(17)12-16/h2-3,5,7,14,17H,4,6,8-12H2,1H3. The van der Waals surface area contributed by atoms with Crippen LogP contribution in [-0.2, 0) is 11.3 Å². The molecule has 0 spiro atoms. The van der Waals surface area contributed by atoms with Gasteiger partial charge in [-0.2, -0.15) is 0 Å². The van der Waals surface area contributed by atoms with Crippen molar-refractivity contribution in [2.75, 3.05) is 33.4 Å². The van der Waals surface area contributed by atoms with Crippen LogP contribution in [0.5, 0.6) is 5.75 Å². The average molecular weight is 265 g/mol. The molecule has 1 aliphatic heterocycles. The summed E-state index contributed by atoms with van der Waals surface area (Å²) in [6, 6.07) is 8.09. The Morgan fingerprint density at radius 2 is 2.16 bits per heavy atom. The third-order valence-electron chi connectivity index (χ3n) is 3.39. The normalized spacial score (nSPS) is 20.4. The molecule has 1 heterocycles. The molecule has 1 aromatic rings. The second-order valence-corrected chi connectivity index (χ2v) is 4.98. The third kappa shape index (κ3) is 4.49. The summed E-state index contributed by atoms with van der Waals surface area (Å²) in [5.41, 5.74) is 1.17. The lowest BCUT2D eigenvalue weighted by molar-refractivity contribution is 0.0661. The zero-order valence-electron chi connectivity index (χ0n) is 11.5. The highest BCUT2D eigenvalue weighted by atomic mass is 16.5. The Kier molecular flexibility index (Phi) is 5.63. The Hall–Kier alpha value is -1.10. The van der Waals surface area contributed by atoms with Crippen molar-refractivity contribution < 1.29 is 14.6 Å². The second kappa shape index (κ2) is 7.48. The Bertz CT molecular complexity index is 383. The summed E-state index contributed by atoms with van der Waals surface area (Å²) in [6.45, 7) is 3.79. The van der Waals surface area contributed by atoms with Crippen LogP contribution >= 0.6 is 0 Å². The van der Waals surface area contributed by atoms with E-state index in [0.29, 0.717) is 13.2 Å². The van der Waals surface area contributed by atoms with Crippen molar-refractivity contribution >= 4 is 0 Å². The lowest BCUT2D eigenvalue weighted by Crippen LogP contribution is -2.37. The fourth-order valence-corrected chi connectivity index (χ4v) is 2.43. The number of β-amino-alcohol motifs (C(OH)–C–C–N with tert-alkyl or cyclic N) is 1. The summed E-state index contributed by atoms with van der Waals surface area (Å²) in [5, 5.41) is 9.71. The lowest BCUT2D eigenvalue weighted by atomic mass is 10.1. The summed E-state index contributed by atoms with van der Waals surface area (Å²) in [6.07, 6.45) is 1.80. The smallest absolute Gasteiger partial charge is 0.123 e. The van der Waals surface area contributed by atoms with Crippen LogP contribution < -0.4 is 4.74 Å². The highest BCUT2D eigenvalue weighted by Crippen LogP contribution is 2.21. The Morgan fingerprint density at radius 3 is 2.95 bits per heavy atom. The molecule has 0 aliphatic carbocycles. The monoisotopic (exact) mass is 265 g/mol. The van der Waals surface area contributed by atoms with E-state index in [0.717, 1.165) is 38.2 Å². The van der Waals surface area contributed by atoms with Crippen LogP contribution in [0.4, 0.5) is 0 Å². The predicted octanol–water partition coefficient (Wildman–Crippen LogP) is 1.67. The molecule has 4 heteroatoms. The van der Waals surface area contributed by atoms with E-state index in [-0.39, 0.29) is 6.10 Å². The molecule has 0 bridgehead atoms. The number of nitrogens with zero attached hydrogens (tertiary/aromatic N) is 1. The topological polar surface area (TPSA) is 41.9 Å². The molecule has 0 amide bonds. The van der Waals surface area contributed by atoms with Gasteiger partial charge >= 0.3 is 0 Å². The van der Waals surface area contributed by atoms with Crippen molar-refractivity contribution in [2.24, 2.45) is 0 Å². The number of aliphatic hydroxyl groups excluding tert-OH is 1. The van der Waals surface area contributed by atoms with E-state index < -0.39 is 0 Å². The number of para-hydroxylation sites is 1. The quantitative estimate of drug-likeness (QED) is 0.795. The fraction of sp³-hybridized carbons (Fsp3) is 0.600. The molecule has 1 saturated heterocycles. The summed E-state index contributed by atoms with van der Waals surface area (Å²) in [7, 11) is 1.67. The van der Waals surface area contributed by atoms with Crippen molar-refractivity contribution in [2.45, 2.75) is 25.5 Å². The molecule has 1 N–H and O–H groups in total. The van der Waals surface area contributed by atoms with Gasteiger partial charge in [-0.3, -0.25) is 4.90 Å². The lowest BCUT2D eigenvalue weighted by Gasteiger charge is -2.30. The van der Waals surface area contributed by atoms with Crippen molar-refractivity contribution in [1.29, 1.82) is 0 Å². The van der Waals surface area contributed by atoms with Crippen LogP contribution in [-0.4, -0.2) is 49.5 Å². The van der Waals surface area contributed by atoms with Crippen molar-refractivity contribution in [3.63, 3.8) is 0 Å². The molecule has 19 heavy (non-hydrogen) atoms. The summed E-state index contributed by atoms with van der Waals surface area (Å²) >= 11 is 0. The van der Waals surface area contributed by atoms with Gasteiger partial charge in [0, 0.05) is 25.8 Å². The number of ether oxygens (including phenoxy) is 2. The van der Waals surface area contributed by atoms with Crippen LogP contribution in [0.25, 0.3) is 0 Å². The van der Waals surface area contributed by atoms with Gasteiger partial charge in [-0.1, -0.05) is 18.2 Å². The first-order valence-electron chi connectivity index (χ1n) is 6.89. The third-order valence-corrected chi connectivity index (χ3v) is 3.39. The molecule has 1 unspecified atom stereocenters. The molecule has 1 fully saturated rings. The molecule has 1 atom stereocenters. The van der Waals surface area contributed by atoms with Crippen LogP contribution in [0, 0.1) is 0 Å². The van der Waals surface area contributed by atoms with Gasteiger partial charge in [0.15, 0.2) is 0 Å². The molecule has 0 radical (unpaired) electrons. The van der Waals surface area contributed by atoms with Gasteiger partial charge in [-0.25, -0.2) is 0 Å². The van der Waals surface area contributed by atoms with E-state index >= 15 is 0 Å². The number of likely N-dealkylation sites (tertiary alicyclic amines) is 1. The van der Waals surface area contributed by atoms with Crippen molar-refractivity contribution in [1.82, 2.24) is 4.90 Å². The van der Waals surface area contributed by atoms with E-state index in [9.17, 15) is 5.11 Å². The SMILES string of the molecule is COCCOc1ccccc1CN1CCCC(O)C1. The molecular weight excluding hydrogens is 242 g/mol. The average Bonchev–Trinajstić information content (AvgIpc) is 2.41. The fourth-order valence-electron chi connectivity index (χ4n) is 2.43. The van der Waals surface area contributed by atoms with E-state index in [1.165, 1.54) is 5.56 Å². The van der Waals surface area contributed by atoms with Crippen molar-refractivity contribution in [3.8, 4) is 5.75 Å². The number of benzene rings is 1. The molecule has 106 valence electrons. The largest absolute Gasteiger partial charge is 0.491 e. The first-order chi connectivity index (χ1) is 9.29. The van der Waals surface area contributed by atoms with Crippen molar-refractivity contribution in [3.05, 3.63) is 29.8 Å². The number of hydrogen-bond acceptors (Lipinski definition) is 4. The molecule has 0 aromatic heterocycles. The number of rotatable bonds is 6. The van der Waals surface area contributed by atoms with E-state index in [4.69, 9.17) is 9.47 Å². The van der Waals surface area contributed by atoms with Crippen LogP contribution in [0.1, 0.15) is 18.4 Å². The predicted molar refractivity (Wildman–Crippen MR) is 74.3 cm³/mol. The number of hydrogen-bond donors (Lipinski definition) is 1. The van der Waals surface area contributed by atoms with Gasteiger partial charge in [0.25, 0.3) is 0 Å². The highest BCUT2D eigenvalue weighted by Gasteiger charge is 2.18. The molecule has 4 nitrogen and oxygen atoms in total. The minimum Gasteiger partial charge on any atom is -0.491 e. The Morgan fingerprint density at radius 1 is 1.32 bits per heavy atom.